The van der Waals surface area contributed by atoms with Crippen LogP contribution in [0.1, 0.15) is 17.4 Å². The molecule has 184 valence electrons. The SMILES string of the molecule is O=C(NCCc1ccc(Cl)cc1)C(=O)NC[C@H](c1ccco1)N1CCN(c2ccc(F)cc2)CC1. The monoisotopic (exact) mass is 498 g/mol. The largest absolute Gasteiger partial charge is 0.468 e. The summed E-state index contributed by atoms with van der Waals surface area (Å²) in [5, 5.41) is 6.06. The van der Waals surface area contributed by atoms with Gasteiger partial charge in [-0.2, -0.15) is 0 Å². The van der Waals surface area contributed by atoms with E-state index in [1.54, 1.807) is 30.5 Å². The van der Waals surface area contributed by atoms with E-state index in [-0.39, 0.29) is 18.4 Å². The van der Waals surface area contributed by atoms with Crippen molar-refractivity contribution < 1.29 is 18.4 Å². The lowest BCUT2D eigenvalue weighted by molar-refractivity contribution is -0.139. The second-order valence-electron chi connectivity index (χ2n) is 8.37. The molecular weight excluding hydrogens is 471 g/mol. The molecular formula is C26H28ClFN4O3. The third-order valence-electron chi connectivity index (χ3n) is 6.09. The summed E-state index contributed by atoms with van der Waals surface area (Å²) in [4.78, 5) is 29.1. The minimum absolute atomic E-state index is 0.203. The molecule has 0 radical (unpaired) electrons. The van der Waals surface area contributed by atoms with Crippen molar-refractivity contribution in [2.45, 2.75) is 12.5 Å². The summed E-state index contributed by atoms with van der Waals surface area (Å²) in [7, 11) is 0. The highest BCUT2D eigenvalue weighted by Gasteiger charge is 2.28. The van der Waals surface area contributed by atoms with Crippen molar-refractivity contribution in [3.05, 3.63) is 89.1 Å². The van der Waals surface area contributed by atoms with E-state index in [2.05, 4.69) is 20.4 Å². The summed E-state index contributed by atoms with van der Waals surface area (Å²) < 4.78 is 18.9. The first-order chi connectivity index (χ1) is 17.0. The molecule has 4 rings (SSSR count). The molecule has 0 saturated carbocycles. The minimum Gasteiger partial charge on any atom is -0.468 e. The van der Waals surface area contributed by atoms with Gasteiger partial charge in [-0.1, -0.05) is 23.7 Å². The zero-order valence-corrected chi connectivity index (χ0v) is 20.0. The molecule has 7 nitrogen and oxygen atoms in total. The molecule has 0 bridgehead atoms. The van der Waals surface area contributed by atoms with E-state index in [1.807, 2.05) is 24.3 Å². The predicted molar refractivity (Wildman–Crippen MR) is 133 cm³/mol. The molecule has 1 fully saturated rings. The molecule has 0 aliphatic carbocycles. The first kappa shape index (κ1) is 24.8. The number of carbonyl (C=O) groups excluding carboxylic acids is 2. The molecule has 1 aromatic heterocycles. The van der Waals surface area contributed by atoms with Crippen molar-refractivity contribution in [3.63, 3.8) is 0 Å². The Kier molecular flexibility index (Phi) is 8.39. The van der Waals surface area contributed by atoms with E-state index < -0.39 is 11.8 Å². The number of hydrogen-bond acceptors (Lipinski definition) is 5. The highest BCUT2D eigenvalue weighted by atomic mass is 35.5. The fourth-order valence-corrected chi connectivity index (χ4v) is 4.28. The van der Waals surface area contributed by atoms with Crippen molar-refractivity contribution in [2.24, 2.45) is 0 Å². The normalized spacial score (nSPS) is 15.0. The van der Waals surface area contributed by atoms with Gasteiger partial charge < -0.3 is 20.0 Å². The van der Waals surface area contributed by atoms with Crippen LogP contribution < -0.4 is 15.5 Å². The number of piperazine rings is 1. The van der Waals surface area contributed by atoms with Crippen LogP contribution in [0.2, 0.25) is 5.02 Å². The number of carbonyl (C=O) groups is 2. The topological polar surface area (TPSA) is 77.8 Å². The highest BCUT2D eigenvalue weighted by molar-refractivity contribution is 6.35. The Morgan fingerprint density at radius 3 is 2.29 bits per heavy atom. The van der Waals surface area contributed by atoms with Gasteiger partial charge in [-0.15, -0.1) is 0 Å². The summed E-state index contributed by atoms with van der Waals surface area (Å²) >= 11 is 5.88. The quantitative estimate of drug-likeness (QED) is 0.465. The molecule has 2 heterocycles. The molecule has 3 aromatic rings. The van der Waals surface area contributed by atoms with E-state index in [0.29, 0.717) is 18.0 Å². The van der Waals surface area contributed by atoms with Crippen molar-refractivity contribution in [2.75, 3.05) is 44.2 Å². The van der Waals surface area contributed by atoms with Gasteiger partial charge in [0.2, 0.25) is 0 Å². The van der Waals surface area contributed by atoms with Crippen LogP contribution in [0.15, 0.2) is 71.3 Å². The van der Waals surface area contributed by atoms with E-state index in [0.717, 1.165) is 43.2 Å². The fourth-order valence-electron chi connectivity index (χ4n) is 4.16. The lowest BCUT2D eigenvalue weighted by Crippen LogP contribution is -2.50. The molecule has 35 heavy (non-hydrogen) atoms. The van der Waals surface area contributed by atoms with Crippen LogP contribution >= 0.6 is 11.6 Å². The predicted octanol–water partition coefficient (Wildman–Crippen LogP) is 3.41. The average molecular weight is 499 g/mol. The summed E-state index contributed by atoms with van der Waals surface area (Å²) in [6, 6.07) is 17.3. The van der Waals surface area contributed by atoms with Crippen LogP contribution in [0.3, 0.4) is 0 Å². The summed E-state index contributed by atoms with van der Waals surface area (Å²) in [6.07, 6.45) is 2.20. The highest BCUT2D eigenvalue weighted by Crippen LogP contribution is 2.24. The van der Waals surface area contributed by atoms with Gasteiger partial charge in [0.05, 0.1) is 12.3 Å². The maximum absolute atomic E-state index is 13.2. The molecule has 1 aliphatic rings. The average Bonchev–Trinajstić information content (AvgIpc) is 3.41. The Morgan fingerprint density at radius 2 is 1.63 bits per heavy atom. The number of rotatable bonds is 8. The minimum atomic E-state index is -0.678. The van der Waals surface area contributed by atoms with Crippen LogP contribution in [0, 0.1) is 5.82 Å². The number of halogens is 2. The van der Waals surface area contributed by atoms with Crippen molar-refractivity contribution in [1.82, 2.24) is 15.5 Å². The van der Waals surface area contributed by atoms with Crippen LogP contribution in [0.4, 0.5) is 10.1 Å². The zero-order valence-electron chi connectivity index (χ0n) is 19.3. The molecule has 0 spiro atoms. The third kappa shape index (κ3) is 6.83. The molecule has 1 saturated heterocycles. The van der Waals surface area contributed by atoms with Crippen LogP contribution in [0.5, 0.6) is 0 Å². The second kappa shape index (κ2) is 11.9. The standard InChI is InChI=1S/C26H28ClFN4O3/c27-20-5-3-19(4-6-20)11-12-29-25(33)26(34)30-18-23(24-2-1-17-35-24)32-15-13-31(14-16-32)22-9-7-21(28)8-10-22/h1-10,17,23H,11-16,18H2,(H,29,33)(H,30,34)/t23-/m1/s1. The van der Waals surface area contributed by atoms with Gasteiger partial charge in [0.25, 0.3) is 0 Å². The number of anilines is 1. The maximum Gasteiger partial charge on any atom is 0.309 e. The number of nitrogens with one attached hydrogen (secondary N) is 2. The Hall–Kier alpha value is -3.36. The number of benzene rings is 2. The first-order valence-electron chi connectivity index (χ1n) is 11.6. The van der Waals surface area contributed by atoms with Gasteiger partial charge in [-0.3, -0.25) is 14.5 Å². The van der Waals surface area contributed by atoms with Crippen LogP contribution in [-0.4, -0.2) is 56.0 Å². The fraction of sp³-hybridized carbons (Fsp3) is 0.308. The van der Waals surface area contributed by atoms with Crippen molar-refractivity contribution >= 4 is 29.1 Å². The Morgan fingerprint density at radius 1 is 0.943 bits per heavy atom. The van der Waals surface area contributed by atoms with E-state index in [9.17, 15) is 14.0 Å². The third-order valence-corrected chi connectivity index (χ3v) is 6.35. The van der Waals surface area contributed by atoms with E-state index >= 15 is 0 Å². The number of nitrogens with zero attached hydrogens (tertiary/aromatic N) is 2. The summed E-state index contributed by atoms with van der Waals surface area (Å²) in [5.74, 6) is -0.875. The number of amides is 2. The maximum atomic E-state index is 13.2. The van der Waals surface area contributed by atoms with E-state index in [1.165, 1.54) is 12.1 Å². The van der Waals surface area contributed by atoms with Gasteiger partial charge in [-0.25, -0.2) is 4.39 Å². The van der Waals surface area contributed by atoms with Crippen LogP contribution in [-0.2, 0) is 16.0 Å². The van der Waals surface area contributed by atoms with Crippen molar-refractivity contribution in [3.8, 4) is 0 Å². The Bertz CT molecular complexity index is 1100. The molecule has 9 heteroatoms. The molecule has 1 atom stereocenters. The van der Waals surface area contributed by atoms with Gasteiger partial charge in [0.1, 0.15) is 11.6 Å². The van der Waals surface area contributed by atoms with Gasteiger partial charge in [0, 0.05) is 50.0 Å². The van der Waals surface area contributed by atoms with Crippen molar-refractivity contribution in [1.29, 1.82) is 0 Å². The number of furan rings is 1. The summed E-state index contributed by atoms with van der Waals surface area (Å²) in [5.41, 5.74) is 2.00. The molecule has 1 aliphatic heterocycles. The molecule has 2 aromatic carbocycles. The van der Waals surface area contributed by atoms with Gasteiger partial charge in [-0.05, 0) is 60.5 Å². The van der Waals surface area contributed by atoms with Gasteiger partial charge >= 0.3 is 11.8 Å². The van der Waals surface area contributed by atoms with E-state index in [4.69, 9.17) is 16.0 Å². The Balaban J connectivity index is 1.27. The number of hydrogen-bond donors (Lipinski definition) is 2. The lowest BCUT2D eigenvalue weighted by atomic mass is 10.1. The van der Waals surface area contributed by atoms with Crippen LogP contribution in [0.25, 0.3) is 0 Å². The molecule has 0 unspecified atom stereocenters. The first-order valence-corrected chi connectivity index (χ1v) is 12.0. The van der Waals surface area contributed by atoms with Gasteiger partial charge in [0.15, 0.2) is 0 Å². The lowest BCUT2D eigenvalue weighted by Gasteiger charge is -2.39. The second-order valence-corrected chi connectivity index (χ2v) is 8.81. The smallest absolute Gasteiger partial charge is 0.309 e. The zero-order chi connectivity index (χ0) is 24.6. The molecule has 2 N–H and O–H groups in total. The Labute approximate surface area is 208 Å². The molecule has 2 amide bonds. The summed E-state index contributed by atoms with van der Waals surface area (Å²) in [6.45, 7) is 3.55.